The summed E-state index contributed by atoms with van der Waals surface area (Å²) in [5.74, 6) is 1.53. The fourth-order valence-electron chi connectivity index (χ4n) is 2.82. The van der Waals surface area contributed by atoms with Gasteiger partial charge in [-0.3, -0.25) is 0 Å². The van der Waals surface area contributed by atoms with E-state index >= 15 is 0 Å². The van der Waals surface area contributed by atoms with Crippen LogP contribution in [-0.2, 0) is 6.54 Å². The summed E-state index contributed by atoms with van der Waals surface area (Å²) in [6.07, 6.45) is 0. The number of rotatable bonds is 5. The molecule has 1 aromatic heterocycles. The summed E-state index contributed by atoms with van der Waals surface area (Å²) in [5.41, 5.74) is 5.66. The van der Waals surface area contributed by atoms with Gasteiger partial charge in [0.15, 0.2) is 0 Å². The molecule has 128 valence electrons. The molecule has 0 spiro atoms. The van der Waals surface area contributed by atoms with E-state index in [1.54, 1.807) is 0 Å². The molecule has 0 aliphatic heterocycles. The monoisotopic (exact) mass is 332 g/mol. The molecule has 1 heterocycles. The van der Waals surface area contributed by atoms with Crippen molar-refractivity contribution in [3.63, 3.8) is 0 Å². The lowest BCUT2D eigenvalue weighted by Crippen LogP contribution is -2.18. The van der Waals surface area contributed by atoms with Crippen molar-refractivity contribution < 1.29 is 0 Å². The fraction of sp³-hybridized carbons (Fsp3) is 0.238. The van der Waals surface area contributed by atoms with E-state index in [2.05, 4.69) is 78.6 Å². The lowest BCUT2D eigenvalue weighted by molar-refractivity contribution is 0.888. The van der Waals surface area contributed by atoms with Gasteiger partial charge < -0.3 is 10.2 Å². The smallest absolute Gasteiger partial charge is 0.229 e. The maximum atomic E-state index is 4.69. The van der Waals surface area contributed by atoms with Gasteiger partial charge in [-0.2, -0.15) is 4.98 Å². The molecule has 4 nitrogen and oxygen atoms in total. The van der Waals surface area contributed by atoms with Crippen molar-refractivity contribution in [3.05, 3.63) is 77.0 Å². The maximum Gasteiger partial charge on any atom is 0.229 e. The van der Waals surface area contributed by atoms with Gasteiger partial charge in [-0.15, -0.1) is 0 Å². The molecular weight excluding hydrogens is 308 g/mol. The molecule has 0 amide bonds. The molecule has 1 N–H and O–H groups in total. The molecule has 0 unspecified atom stereocenters. The summed E-state index contributed by atoms with van der Waals surface area (Å²) in [6.45, 7) is 6.99. The van der Waals surface area contributed by atoms with Crippen LogP contribution in [0.25, 0.3) is 0 Å². The van der Waals surface area contributed by atoms with Crippen molar-refractivity contribution in [2.75, 3.05) is 17.3 Å². The summed E-state index contributed by atoms with van der Waals surface area (Å²) >= 11 is 0. The van der Waals surface area contributed by atoms with Crippen LogP contribution >= 0.6 is 0 Å². The number of nitrogens with one attached hydrogen (secondary N) is 1. The van der Waals surface area contributed by atoms with Gasteiger partial charge in [0.05, 0.1) is 0 Å². The van der Waals surface area contributed by atoms with Gasteiger partial charge in [-0.25, -0.2) is 4.98 Å². The maximum absolute atomic E-state index is 4.69. The molecule has 2 aromatic carbocycles. The first-order valence-electron chi connectivity index (χ1n) is 8.46. The van der Waals surface area contributed by atoms with E-state index in [0.29, 0.717) is 5.95 Å². The van der Waals surface area contributed by atoms with Gasteiger partial charge in [0.25, 0.3) is 0 Å². The van der Waals surface area contributed by atoms with Crippen molar-refractivity contribution in [1.29, 1.82) is 0 Å². The second kappa shape index (κ2) is 7.34. The Morgan fingerprint density at radius 1 is 0.920 bits per heavy atom. The van der Waals surface area contributed by atoms with Crippen LogP contribution in [-0.4, -0.2) is 17.0 Å². The Morgan fingerprint density at radius 3 is 2.40 bits per heavy atom. The number of anilines is 3. The van der Waals surface area contributed by atoms with E-state index in [1.807, 2.05) is 19.1 Å². The quantitative estimate of drug-likeness (QED) is 0.730. The molecule has 4 heteroatoms. The highest BCUT2D eigenvalue weighted by Gasteiger charge is 2.09. The van der Waals surface area contributed by atoms with Gasteiger partial charge >= 0.3 is 0 Å². The molecule has 0 radical (unpaired) electrons. The molecule has 0 saturated carbocycles. The lowest BCUT2D eigenvalue weighted by Gasteiger charge is -2.20. The summed E-state index contributed by atoms with van der Waals surface area (Å²) < 4.78 is 0. The fourth-order valence-corrected chi connectivity index (χ4v) is 2.82. The molecule has 0 aliphatic carbocycles. The zero-order valence-corrected chi connectivity index (χ0v) is 15.2. The Morgan fingerprint density at radius 2 is 1.68 bits per heavy atom. The predicted molar refractivity (Wildman–Crippen MR) is 105 cm³/mol. The van der Waals surface area contributed by atoms with Crippen molar-refractivity contribution in [2.45, 2.75) is 27.3 Å². The van der Waals surface area contributed by atoms with Crippen molar-refractivity contribution in [2.24, 2.45) is 0 Å². The van der Waals surface area contributed by atoms with Gasteiger partial charge in [0.2, 0.25) is 5.95 Å². The van der Waals surface area contributed by atoms with Gasteiger partial charge in [0, 0.05) is 31.0 Å². The normalized spacial score (nSPS) is 10.6. The highest BCUT2D eigenvalue weighted by Crippen LogP contribution is 2.22. The van der Waals surface area contributed by atoms with Crippen molar-refractivity contribution in [3.8, 4) is 0 Å². The summed E-state index contributed by atoms with van der Waals surface area (Å²) in [4.78, 5) is 11.4. The molecule has 0 fully saturated rings. The molecule has 0 bridgehead atoms. The third kappa shape index (κ3) is 4.35. The minimum absolute atomic E-state index is 0.627. The van der Waals surface area contributed by atoms with Crippen LogP contribution < -0.4 is 10.2 Å². The average molecular weight is 332 g/mol. The van der Waals surface area contributed by atoms with E-state index in [-0.39, 0.29) is 0 Å². The molecule has 0 atom stereocenters. The van der Waals surface area contributed by atoms with Crippen LogP contribution in [0.4, 0.5) is 17.5 Å². The summed E-state index contributed by atoms with van der Waals surface area (Å²) in [5, 5.41) is 3.35. The van der Waals surface area contributed by atoms with Crippen LogP contribution in [0, 0.1) is 20.8 Å². The third-order valence-electron chi connectivity index (χ3n) is 4.12. The van der Waals surface area contributed by atoms with Crippen molar-refractivity contribution >= 4 is 17.5 Å². The van der Waals surface area contributed by atoms with Crippen LogP contribution in [0.3, 0.4) is 0 Å². The second-order valence-corrected chi connectivity index (χ2v) is 6.48. The highest BCUT2D eigenvalue weighted by molar-refractivity contribution is 5.60. The number of nitrogens with zero attached hydrogens (tertiary/aromatic N) is 3. The second-order valence-electron chi connectivity index (χ2n) is 6.48. The van der Waals surface area contributed by atoms with Crippen LogP contribution in [0.15, 0.2) is 54.6 Å². The predicted octanol–water partition coefficient (Wildman–Crippen LogP) is 4.78. The van der Waals surface area contributed by atoms with Gasteiger partial charge in [-0.05, 0) is 38.0 Å². The Hall–Kier alpha value is -2.88. The number of hydrogen-bond donors (Lipinski definition) is 1. The van der Waals surface area contributed by atoms with E-state index in [4.69, 9.17) is 4.98 Å². The number of aryl methyl sites for hydroxylation is 3. The first-order chi connectivity index (χ1) is 12.0. The van der Waals surface area contributed by atoms with E-state index in [0.717, 1.165) is 23.7 Å². The molecule has 3 rings (SSSR count). The Kier molecular flexibility index (Phi) is 4.98. The Labute approximate surface area is 149 Å². The van der Waals surface area contributed by atoms with E-state index in [1.165, 1.54) is 16.7 Å². The molecule has 0 aliphatic rings. The minimum atomic E-state index is 0.627. The minimum Gasteiger partial charge on any atom is -0.355 e. The third-order valence-corrected chi connectivity index (χ3v) is 4.12. The topological polar surface area (TPSA) is 41.1 Å². The average Bonchev–Trinajstić information content (AvgIpc) is 2.58. The molecule has 25 heavy (non-hydrogen) atoms. The van der Waals surface area contributed by atoms with Crippen LogP contribution in [0.5, 0.6) is 0 Å². The van der Waals surface area contributed by atoms with Gasteiger partial charge in [-0.1, -0.05) is 48.0 Å². The summed E-state index contributed by atoms with van der Waals surface area (Å²) in [6, 6.07) is 18.7. The van der Waals surface area contributed by atoms with Gasteiger partial charge in [0.1, 0.15) is 5.82 Å². The number of hydrogen-bond acceptors (Lipinski definition) is 4. The number of aromatic nitrogens is 2. The first kappa shape index (κ1) is 17.0. The van der Waals surface area contributed by atoms with E-state index in [9.17, 15) is 0 Å². The standard InChI is InChI=1S/C21H24N4/c1-15-10-11-19(16(2)12-15)23-21-22-17(3)13-20(24-21)25(4)14-18-8-6-5-7-9-18/h5-13H,14H2,1-4H3,(H,22,23,24). The zero-order valence-electron chi connectivity index (χ0n) is 15.2. The SMILES string of the molecule is Cc1ccc(Nc2nc(C)cc(N(C)Cc3ccccc3)n2)c(C)c1. The lowest BCUT2D eigenvalue weighted by atomic mass is 10.1. The Balaban J connectivity index is 1.82. The largest absolute Gasteiger partial charge is 0.355 e. The molecule has 0 saturated heterocycles. The van der Waals surface area contributed by atoms with Crippen LogP contribution in [0.2, 0.25) is 0 Å². The number of benzene rings is 2. The van der Waals surface area contributed by atoms with Crippen LogP contribution in [0.1, 0.15) is 22.4 Å². The Bertz CT molecular complexity index is 859. The molecular formula is C21H24N4. The highest BCUT2D eigenvalue weighted by atomic mass is 15.2. The summed E-state index contributed by atoms with van der Waals surface area (Å²) in [7, 11) is 2.05. The van der Waals surface area contributed by atoms with E-state index < -0.39 is 0 Å². The molecule has 3 aromatic rings. The zero-order chi connectivity index (χ0) is 17.8. The van der Waals surface area contributed by atoms with Crippen molar-refractivity contribution in [1.82, 2.24) is 9.97 Å². The first-order valence-corrected chi connectivity index (χ1v) is 8.46.